The SMILES string of the molecule is O=C(Cn1cnc2scc(-c3ccc4ccccc4c3)c2c1=O)Nc1ccc(Br)cc1. The molecule has 5 aromatic rings. The minimum atomic E-state index is -0.284. The van der Waals surface area contributed by atoms with Gasteiger partial charge < -0.3 is 5.32 Å². The molecule has 3 aromatic carbocycles. The first kappa shape index (κ1) is 19.7. The van der Waals surface area contributed by atoms with Crippen LogP contribution in [0.1, 0.15) is 0 Å². The van der Waals surface area contributed by atoms with E-state index < -0.39 is 0 Å². The molecular weight excluding hydrogens is 474 g/mol. The van der Waals surface area contributed by atoms with Crippen LogP contribution >= 0.6 is 27.3 Å². The lowest BCUT2D eigenvalue weighted by Crippen LogP contribution is -2.27. The first-order valence-electron chi connectivity index (χ1n) is 9.60. The summed E-state index contributed by atoms with van der Waals surface area (Å²) in [6.07, 6.45) is 1.44. The van der Waals surface area contributed by atoms with Gasteiger partial charge in [0.05, 0.1) is 11.7 Å². The number of rotatable bonds is 4. The molecule has 5 nitrogen and oxygen atoms in total. The average molecular weight is 490 g/mol. The molecule has 0 aliphatic rings. The number of thiophene rings is 1. The van der Waals surface area contributed by atoms with E-state index in [2.05, 4.69) is 50.5 Å². The first-order valence-corrected chi connectivity index (χ1v) is 11.3. The van der Waals surface area contributed by atoms with E-state index in [4.69, 9.17) is 0 Å². The van der Waals surface area contributed by atoms with Crippen molar-refractivity contribution in [3.05, 3.63) is 93.3 Å². The fourth-order valence-corrected chi connectivity index (χ4v) is 4.71. The molecule has 0 spiro atoms. The van der Waals surface area contributed by atoms with Crippen molar-refractivity contribution < 1.29 is 4.79 Å². The number of nitrogens with one attached hydrogen (secondary N) is 1. The highest BCUT2D eigenvalue weighted by Crippen LogP contribution is 2.32. The van der Waals surface area contributed by atoms with Gasteiger partial charge in [-0.25, -0.2) is 4.98 Å². The summed E-state index contributed by atoms with van der Waals surface area (Å²) in [7, 11) is 0. The number of carbonyl (C=O) groups excluding carboxylic acids is 1. The van der Waals surface area contributed by atoms with Gasteiger partial charge in [-0.2, -0.15) is 0 Å². The number of carbonyl (C=O) groups is 1. The lowest BCUT2D eigenvalue weighted by Gasteiger charge is -2.08. The number of fused-ring (bicyclic) bond motifs is 2. The molecular formula is C24H16BrN3O2S. The van der Waals surface area contributed by atoms with Crippen LogP contribution in [0.2, 0.25) is 0 Å². The number of hydrogen-bond donors (Lipinski definition) is 1. The third-order valence-corrected chi connectivity index (χ3v) is 6.48. The fourth-order valence-electron chi connectivity index (χ4n) is 3.54. The van der Waals surface area contributed by atoms with Gasteiger partial charge in [-0.3, -0.25) is 14.2 Å². The van der Waals surface area contributed by atoms with E-state index >= 15 is 0 Å². The number of amides is 1. The van der Waals surface area contributed by atoms with Gasteiger partial charge in [-0.05, 0) is 46.7 Å². The lowest BCUT2D eigenvalue weighted by molar-refractivity contribution is -0.116. The van der Waals surface area contributed by atoms with Gasteiger partial charge in [0.15, 0.2) is 0 Å². The Morgan fingerprint density at radius 2 is 1.81 bits per heavy atom. The molecule has 0 aliphatic heterocycles. The first-order chi connectivity index (χ1) is 15.1. The van der Waals surface area contributed by atoms with Crippen molar-refractivity contribution in [2.24, 2.45) is 0 Å². The second kappa shape index (κ2) is 8.09. The lowest BCUT2D eigenvalue weighted by atomic mass is 10.0. The third kappa shape index (κ3) is 3.89. The predicted molar refractivity (Wildman–Crippen MR) is 130 cm³/mol. The van der Waals surface area contributed by atoms with Crippen molar-refractivity contribution in [2.45, 2.75) is 6.54 Å². The molecule has 7 heteroatoms. The maximum atomic E-state index is 13.2. The third-order valence-electron chi connectivity index (χ3n) is 5.06. The Kier molecular flexibility index (Phi) is 5.13. The molecule has 1 amide bonds. The minimum absolute atomic E-state index is 0.106. The van der Waals surface area contributed by atoms with Gasteiger partial charge in [-0.1, -0.05) is 52.3 Å². The smallest absolute Gasteiger partial charge is 0.263 e. The van der Waals surface area contributed by atoms with Crippen LogP contribution in [0.15, 0.2) is 87.7 Å². The van der Waals surface area contributed by atoms with Crippen LogP contribution in [0.25, 0.3) is 32.1 Å². The second-order valence-electron chi connectivity index (χ2n) is 7.12. The number of anilines is 1. The Balaban J connectivity index is 1.49. The van der Waals surface area contributed by atoms with Crippen molar-refractivity contribution in [3.8, 4) is 11.1 Å². The molecule has 0 radical (unpaired) electrons. The summed E-state index contributed by atoms with van der Waals surface area (Å²) in [5, 5.41) is 7.56. The van der Waals surface area contributed by atoms with Crippen LogP contribution in [0.4, 0.5) is 5.69 Å². The van der Waals surface area contributed by atoms with Crippen LogP contribution < -0.4 is 10.9 Å². The average Bonchev–Trinajstić information content (AvgIpc) is 3.22. The van der Waals surface area contributed by atoms with Crippen molar-refractivity contribution >= 4 is 59.9 Å². The van der Waals surface area contributed by atoms with Crippen LogP contribution in [0.3, 0.4) is 0 Å². The molecule has 0 unspecified atom stereocenters. The van der Waals surface area contributed by atoms with E-state index in [9.17, 15) is 9.59 Å². The van der Waals surface area contributed by atoms with Crippen molar-refractivity contribution in [2.75, 3.05) is 5.32 Å². The highest BCUT2D eigenvalue weighted by molar-refractivity contribution is 9.10. The van der Waals surface area contributed by atoms with Crippen molar-refractivity contribution in [1.29, 1.82) is 0 Å². The largest absolute Gasteiger partial charge is 0.325 e. The Morgan fingerprint density at radius 3 is 2.61 bits per heavy atom. The standard InChI is InChI=1S/C24H16BrN3O2S/c25-18-7-9-19(10-8-18)27-21(29)12-28-14-26-23-22(24(28)30)20(13-31-23)17-6-5-15-3-1-2-4-16(15)11-17/h1-11,13-14H,12H2,(H,27,29). The minimum Gasteiger partial charge on any atom is -0.325 e. The zero-order valence-electron chi connectivity index (χ0n) is 16.2. The summed E-state index contributed by atoms with van der Waals surface area (Å²) in [6.45, 7) is -0.106. The topological polar surface area (TPSA) is 64.0 Å². The summed E-state index contributed by atoms with van der Waals surface area (Å²) in [4.78, 5) is 30.8. The molecule has 0 saturated carbocycles. The van der Waals surface area contributed by atoms with Gasteiger partial charge in [0.2, 0.25) is 5.91 Å². The van der Waals surface area contributed by atoms with Gasteiger partial charge in [0.25, 0.3) is 5.56 Å². The van der Waals surface area contributed by atoms with Gasteiger partial charge in [-0.15, -0.1) is 11.3 Å². The van der Waals surface area contributed by atoms with Crippen molar-refractivity contribution in [1.82, 2.24) is 9.55 Å². The molecule has 152 valence electrons. The van der Waals surface area contributed by atoms with E-state index in [-0.39, 0.29) is 18.0 Å². The summed E-state index contributed by atoms with van der Waals surface area (Å²) in [5.74, 6) is -0.284. The molecule has 5 rings (SSSR count). The molecule has 0 bridgehead atoms. The fraction of sp³-hybridized carbons (Fsp3) is 0.0417. The Labute approximate surface area is 190 Å². The van der Waals surface area contributed by atoms with Crippen LogP contribution in [0, 0.1) is 0 Å². The van der Waals surface area contributed by atoms with Gasteiger partial charge in [0, 0.05) is 21.1 Å². The Morgan fingerprint density at radius 1 is 1.03 bits per heavy atom. The maximum Gasteiger partial charge on any atom is 0.263 e. The summed E-state index contributed by atoms with van der Waals surface area (Å²) < 4.78 is 2.28. The van der Waals surface area contributed by atoms with E-state index in [1.54, 1.807) is 12.1 Å². The normalized spacial score (nSPS) is 11.1. The van der Waals surface area contributed by atoms with Crippen LogP contribution in [0.5, 0.6) is 0 Å². The highest BCUT2D eigenvalue weighted by Gasteiger charge is 2.15. The quantitative estimate of drug-likeness (QED) is 0.353. The summed E-state index contributed by atoms with van der Waals surface area (Å²) >= 11 is 4.80. The van der Waals surface area contributed by atoms with E-state index in [0.29, 0.717) is 15.9 Å². The monoisotopic (exact) mass is 489 g/mol. The highest BCUT2D eigenvalue weighted by atomic mass is 79.9. The molecule has 0 fully saturated rings. The number of halogens is 1. The second-order valence-corrected chi connectivity index (χ2v) is 8.90. The van der Waals surface area contributed by atoms with Crippen molar-refractivity contribution in [3.63, 3.8) is 0 Å². The number of hydrogen-bond acceptors (Lipinski definition) is 4. The Hall–Kier alpha value is -3.29. The van der Waals surface area contributed by atoms with Crippen LogP contribution in [-0.2, 0) is 11.3 Å². The molecule has 0 saturated heterocycles. The molecule has 31 heavy (non-hydrogen) atoms. The Bertz CT molecular complexity index is 1490. The maximum absolute atomic E-state index is 13.2. The zero-order chi connectivity index (χ0) is 21.4. The van der Waals surface area contributed by atoms with E-state index in [1.807, 2.05) is 35.7 Å². The summed E-state index contributed by atoms with van der Waals surface area (Å²) in [6, 6.07) is 21.5. The molecule has 0 atom stereocenters. The predicted octanol–water partition coefficient (Wildman–Crippen LogP) is 5.68. The molecule has 1 N–H and O–H groups in total. The number of nitrogens with zero attached hydrogens (tertiary/aromatic N) is 2. The van der Waals surface area contributed by atoms with Gasteiger partial charge >= 0.3 is 0 Å². The van der Waals surface area contributed by atoms with Gasteiger partial charge in [0.1, 0.15) is 11.4 Å². The number of aromatic nitrogens is 2. The van der Waals surface area contributed by atoms with Crippen LogP contribution in [-0.4, -0.2) is 15.5 Å². The zero-order valence-corrected chi connectivity index (χ0v) is 18.6. The number of benzene rings is 3. The molecule has 2 aromatic heterocycles. The van der Waals surface area contributed by atoms with E-state index in [0.717, 1.165) is 26.4 Å². The van der Waals surface area contributed by atoms with E-state index in [1.165, 1.54) is 22.2 Å². The molecule has 0 aliphatic carbocycles. The summed E-state index contributed by atoms with van der Waals surface area (Å²) in [5.41, 5.74) is 2.25. The molecule has 2 heterocycles.